The zero-order chi connectivity index (χ0) is 20.5. The van der Waals surface area contributed by atoms with Crippen molar-refractivity contribution < 1.29 is 9.69 Å². The number of para-hydroxylation sites is 1. The van der Waals surface area contributed by atoms with Crippen LogP contribution in [0.2, 0.25) is 0 Å². The first-order chi connectivity index (χ1) is 14.7. The summed E-state index contributed by atoms with van der Waals surface area (Å²) in [6.45, 7) is 2.30. The number of quaternary nitrogens is 1. The molecule has 1 fully saturated rings. The van der Waals surface area contributed by atoms with Crippen LogP contribution in [-0.2, 0) is 11.2 Å². The molecule has 1 saturated heterocycles. The summed E-state index contributed by atoms with van der Waals surface area (Å²) in [6.07, 6.45) is 5.62. The Kier molecular flexibility index (Phi) is 5.57. The van der Waals surface area contributed by atoms with Crippen LogP contribution in [0.5, 0.6) is 0 Å². The zero-order valence-electron chi connectivity index (χ0n) is 17.6. The molecule has 30 heavy (non-hydrogen) atoms. The molecule has 0 spiro atoms. The number of likely N-dealkylation sites (tertiary alicyclic amines) is 1. The quantitative estimate of drug-likeness (QED) is 0.700. The highest BCUT2D eigenvalue weighted by atomic mass is 32.1. The van der Waals surface area contributed by atoms with Gasteiger partial charge in [-0.15, -0.1) is 11.3 Å². The Labute approximate surface area is 182 Å². The summed E-state index contributed by atoms with van der Waals surface area (Å²) in [7, 11) is 2.19. The number of aromatic nitrogens is 1. The fourth-order valence-corrected chi connectivity index (χ4v) is 6.32. The Bertz CT molecular complexity index is 1000. The SMILES string of the molecule is C[NH+](CC(=O)N1CCC(c2nc3ccccc3s2)CC1)[C@H]1CCCc2ccccc21. The van der Waals surface area contributed by atoms with Gasteiger partial charge in [-0.3, -0.25) is 4.79 Å². The van der Waals surface area contributed by atoms with Crippen LogP contribution in [0, 0.1) is 0 Å². The number of nitrogens with one attached hydrogen (secondary N) is 1. The van der Waals surface area contributed by atoms with E-state index in [2.05, 4.69) is 60.5 Å². The molecular weight excluding hydrogens is 390 g/mol. The van der Waals surface area contributed by atoms with Crippen molar-refractivity contribution in [3.63, 3.8) is 0 Å². The molecule has 0 saturated carbocycles. The van der Waals surface area contributed by atoms with Gasteiger partial charge in [-0.1, -0.05) is 36.4 Å². The number of nitrogens with zero attached hydrogens (tertiary/aromatic N) is 2. The van der Waals surface area contributed by atoms with Gasteiger partial charge in [-0.05, 0) is 43.4 Å². The smallest absolute Gasteiger partial charge is 0.277 e. The minimum atomic E-state index is 0.304. The molecule has 2 aromatic carbocycles. The topological polar surface area (TPSA) is 37.6 Å². The third-order valence-electron chi connectivity index (χ3n) is 6.90. The summed E-state index contributed by atoms with van der Waals surface area (Å²) >= 11 is 1.82. The molecule has 156 valence electrons. The maximum atomic E-state index is 13.0. The molecule has 1 aromatic heterocycles. The number of aryl methyl sites for hydroxylation is 1. The van der Waals surface area contributed by atoms with Crippen molar-refractivity contribution in [2.75, 3.05) is 26.7 Å². The maximum Gasteiger partial charge on any atom is 0.277 e. The second-order valence-electron chi connectivity index (χ2n) is 8.84. The van der Waals surface area contributed by atoms with Crippen LogP contribution in [0.1, 0.15) is 53.8 Å². The number of fused-ring (bicyclic) bond motifs is 2. The van der Waals surface area contributed by atoms with Crippen molar-refractivity contribution in [2.24, 2.45) is 0 Å². The second-order valence-corrected chi connectivity index (χ2v) is 9.90. The molecule has 1 N–H and O–H groups in total. The maximum absolute atomic E-state index is 13.0. The molecule has 0 bridgehead atoms. The molecule has 2 aliphatic rings. The van der Waals surface area contributed by atoms with E-state index in [1.807, 2.05) is 11.3 Å². The number of hydrogen-bond donors (Lipinski definition) is 1. The molecular formula is C25H30N3OS+. The number of likely N-dealkylation sites (N-methyl/N-ethyl adjacent to an activating group) is 1. The Hall–Kier alpha value is -2.24. The normalized spacial score (nSPS) is 20.8. The summed E-state index contributed by atoms with van der Waals surface area (Å²) in [5.41, 5.74) is 4.02. The zero-order valence-corrected chi connectivity index (χ0v) is 18.5. The van der Waals surface area contributed by atoms with Crippen LogP contribution in [0.4, 0.5) is 0 Å². The first-order valence-corrected chi connectivity index (χ1v) is 12.0. The fraction of sp³-hybridized carbons (Fsp3) is 0.440. The Morgan fingerprint density at radius 2 is 1.87 bits per heavy atom. The molecule has 1 unspecified atom stereocenters. The lowest BCUT2D eigenvalue weighted by Crippen LogP contribution is -3.10. The lowest BCUT2D eigenvalue weighted by atomic mass is 9.87. The third kappa shape index (κ3) is 3.88. The van der Waals surface area contributed by atoms with Crippen LogP contribution < -0.4 is 4.90 Å². The van der Waals surface area contributed by atoms with Gasteiger partial charge in [0.25, 0.3) is 5.91 Å². The van der Waals surface area contributed by atoms with Gasteiger partial charge in [0.1, 0.15) is 6.04 Å². The van der Waals surface area contributed by atoms with Crippen molar-refractivity contribution in [1.29, 1.82) is 0 Å². The first-order valence-electron chi connectivity index (χ1n) is 11.2. The highest BCUT2D eigenvalue weighted by Gasteiger charge is 2.31. The molecule has 3 aromatic rings. The van der Waals surface area contributed by atoms with Crippen molar-refractivity contribution in [1.82, 2.24) is 9.88 Å². The van der Waals surface area contributed by atoms with Crippen LogP contribution in [0.3, 0.4) is 0 Å². The third-order valence-corrected chi connectivity index (χ3v) is 8.10. The summed E-state index contributed by atoms with van der Waals surface area (Å²) in [5.74, 6) is 0.792. The van der Waals surface area contributed by atoms with E-state index in [1.54, 1.807) is 0 Å². The molecule has 1 aliphatic heterocycles. The van der Waals surface area contributed by atoms with Crippen molar-refractivity contribution in [3.05, 3.63) is 64.7 Å². The highest BCUT2D eigenvalue weighted by Crippen LogP contribution is 2.34. The monoisotopic (exact) mass is 420 g/mol. The number of benzene rings is 2. The van der Waals surface area contributed by atoms with E-state index in [1.165, 1.54) is 45.0 Å². The van der Waals surface area contributed by atoms with Gasteiger partial charge in [0.15, 0.2) is 6.54 Å². The van der Waals surface area contributed by atoms with E-state index in [4.69, 9.17) is 4.98 Å². The largest absolute Gasteiger partial charge is 0.338 e. The predicted octanol–water partition coefficient (Wildman–Crippen LogP) is 3.59. The summed E-state index contributed by atoms with van der Waals surface area (Å²) in [4.78, 5) is 21.3. The number of piperidine rings is 1. The average Bonchev–Trinajstić information content (AvgIpc) is 3.23. The molecule has 4 nitrogen and oxygen atoms in total. The number of rotatable bonds is 4. The van der Waals surface area contributed by atoms with Crippen molar-refractivity contribution >= 4 is 27.5 Å². The first kappa shape index (κ1) is 19.7. The number of hydrogen-bond acceptors (Lipinski definition) is 3. The van der Waals surface area contributed by atoms with Gasteiger partial charge in [-0.2, -0.15) is 0 Å². The standard InChI is InChI=1S/C25H29N3OS/c1-27(22-11-6-8-18-7-2-3-9-20(18)22)17-24(29)28-15-13-19(14-16-28)25-26-21-10-4-5-12-23(21)30-25/h2-5,7,9-10,12,19,22H,6,8,11,13-17H2,1H3/p+1/t22-/m0/s1. The molecule has 5 rings (SSSR count). The van der Waals surface area contributed by atoms with Gasteiger partial charge in [0.05, 0.1) is 22.3 Å². The summed E-state index contributed by atoms with van der Waals surface area (Å²) < 4.78 is 1.27. The van der Waals surface area contributed by atoms with Crippen LogP contribution >= 0.6 is 11.3 Å². The lowest BCUT2D eigenvalue weighted by Gasteiger charge is -2.34. The van der Waals surface area contributed by atoms with Crippen LogP contribution in [0.15, 0.2) is 48.5 Å². The predicted molar refractivity (Wildman–Crippen MR) is 122 cm³/mol. The van der Waals surface area contributed by atoms with Gasteiger partial charge in [-0.25, -0.2) is 4.98 Å². The number of amides is 1. The second kappa shape index (κ2) is 8.48. The van der Waals surface area contributed by atoms with Crippen molar-refractivity contribution in [3.8, 4) is 0 Å². The number of carbonyl (C=O) groups excluding carboxylic acids is 1. The Balaban J connectivity index is 1.19. The van der Waals surface area contributed by atoms with E-state index < -0.39 is 0 Å². The van der Waals surface area contributed by atoms with Gasteiger partial charge in [0, 0.05) is 31.0 Å². The number of carbonyl (C=O) groups is 1. The number of thiazole rings is 1. The molecule has 1 amide bonds. The average molecular weight is 421 g/mol. The lowest BCUT2D eigenvalue weighted by molar-refractivity contribution is -0.905. The van der Waals surface area contributed by atoms with E-state index in [-0.39, 0.29) is 0 Å². The summed E-state index contributed by atoms with van der Waals surface area (Å²) in [5, 5.41) is 1.24. The van der Waals surface area contributed by atoms with Crippen LogP contribution in [0.25, 0.3) is 10.2 Å². The fourth-order valence-electron chi connectivity index (χ4n) is 5.18. The summed E-state index contributed by atoms with van der Waals surface area (Å²) in [6, 6.07) is 17.6. The van der Waals surface area contributed by atoms with Crippen molar-refractivity contribution in [2.45, 2.75) is 44.1 Å². The molecule has 2 heterocycles. The molecule has 5 heteroatoms. The van der Waals surface area contributed by atoms with Gasteiger partial charge >= 0.3 is 0 Å². The van der Waals surface area contributed by atoms with Gasteiger partial charge in [0.2, 0.25) is 0 Å². The minimum Gasteiger partial charge on any atom is -0.338 e. The van der Waals surface area contributed by atoms with E-state index >= 15 is 0 Å². The Morgan fingerprint density at radius 1 is 1.10 bits per heavy atom. The minimum absolute atomic E-state index is 0.304. The highest BCUT2D eigenvalue weighted by molar-refractivity contribution is 7.18. The van der Waals surface area contributed by atoms with Gasteiger partial charge < -0.3 is 9.80 Å². The molecule has 0 radical (unpaired) electrons. The van der Waals surface area contributed by atoms with Crippen LogP contribution in [-0.4, -0.2) is 42.5 Å². The van der Waals surface area contributed by atoms with E-state index in [0.29, 0.717) is 24.4 Å². The molecule has 1 aliphatic carbocycles. The van der Waals surface area contributed by atoms with E-state index in [0.717, 1.165) is 31.4 Å². The van der Waals surface area contributed by atoms with E-state index in [9.17, 15) is 4.79 Å². The Morgan fingerprint density at radius 3 is 2.70 bits per heavy atom. The molecule has 2 atom stereocenters.